The molecular weight excluding hydrogens is 423 g/mol. The monoisotopic (exact) mass is 443 g/mol. The average molecular weight is 444 g/mol. The van der Waals surface area contributed by atoms with Crippen molar-refractivity contribution >= 4 is 33.2 Å². The van der Waals surface area contributed by atoms with Crippen LogP contribution in [0.15, 0.2) is 12.3 Å². The molecule has 1 saturated heterocycles. The molecule has 7 nitrogen and oxygen atoms in total. The zero-order valence-corrected chi connectivity index (χ0v) is 16.7. The zero-order chi connectivity index (χ0) is 20.9. The highest BCUT2D eigenvalue weighted by Gasteiger charge is 2.34. The first-order chi connectivity index (χ1) is 13.0. The summed E-state index contributed by atoms with van der Waals surface area (Å²) in [5, 5.41) is 2.52. The fourth-order valence-electron chi connectivity index (χ4n) is 2.88. The molecule has 28 heavy (non-hydrogen) atoms. The molecule has 1 amide bonds. The third-order valence-electron chi connectivity index (χ3n) is 4.31. The Morgan fingerprint density at radius 3 is 2.71 bits per heavy atom. The first-order valence-corrected chi connectivity index (χ1v) is 10.7. The van der Waals surface area contributed by atoms with Crippen LogP contribution in [0.5, 0.6) is 0 Å². The summed E-state index contributed by atoms with van der Waals surface area (Å²) in [7, 11) is -1.67. The lowest BCUT2D eigenvalue weighted by Crippen LogP contribution is -2.43. The van der Waals surface area contributed by atoms with E-state index >= 15 is 0 Å². The van der Waals surface area contributed by atoms with Crippen LogP contribution in [0.3, 0.4) is 0 Å². The third-order valence-corrected chi connectivity index (χ3v) is 6.34. The Labute approximate surface area is 166 Å². The predicted octanol–water partition coefficient (Wildman–Crippen LogP) is 2.22. The number of rotatable bonds is 8. The smallest absolute Gasteiger partial charge is 0.383 e. The van der Waals surface area contributed by atoms with Gasteiger partial charge in [-0.05, 0) is 12.5 Å². The lowest BCUT2D eigenvalue weighted by Gasteiger charge is -2.28. The van der Waals surface area contributed by atoms with Crippen molar-refractivity contribution in [2.45, 2.75) is 25.1 Å². The molecule has 0 radical (unpaired) electrons. The Balaban J connectivity index is 1.95. The van der Waals surface area contributed by atoms with Gasteiger partial charge < -0.3 is 15.0 Å². The van der Waals surface area contributed by atoms with E-state index in [-0.39, 0.29) is 54.4 Å². The number of nitrogens with one attached hydrogen (secondary N) is 1. The van der Waals surface area contributed by atoms with Crippen molar-refractivity contribution in [3.63, 3.8) is 0 Å². The Kier molecular flexibility index (Phi) is 7.52. The van der Waals surface area contributed by atoms with E-state index < -0.39 is 27.6 Å². The van der Waals surface area contributed by atoms with Gasteiger partial charge in [-0.2, -0.15) is 13.2 Å². The number of ether oxygens (including phenoxy) is 1. The molecule has 1 unspecified atom stereocenters. The molecule has 0 aromatic carbocycles. The van der Waals surface area contributed by atoms with Crippen molar-refractivity contribution in [2.75, 3.05) is 43.6 Å². The number of aromatic nitrogens is 1. The fraction of sp³-hybridized carbons (Fsp3) is 0.625. The van der Waals surface area contributed by atoms with Crippen LogP contribution in [0.4, 0.5) is 19.0 Å². The summed E-state index contributed by atoms with van der Waals surface area (Å²) in [6.45, 7) is 0.608. The van der Waals surface area contributed by atoms with Gasteiger partial charge in [0.1, 0.15) is 5.82 Å². The van der Waals surface area contributed by atoms with Crippen molar-refractivity contribution in [1.29, 1.82) is 0 Å². The minimum absolute atomic E-state index is 0.000701. The minimum Gasteiger partial charge on any atom is -0.383 e. The lowest BCUT2D eigenvalue weighted by molar-refractivity contribution is -0.137. The summed E-state index contributed by atoms with van der Waals surface area (Å²) >= 11 is 5.81. The van der Waals surface area contributed by atoms with Crippen molar-refractivity contribution in [2.24, 2.45) is 0 Å². The van der Waals surface area contributed by atoms with Crippen molar-refractivity contribution in [3.05, 3.63) is 22.8 Å². The number of hydrogen-bond donors (Lipinski definition) is 1. The normalized spacial score (nSPS) is 18.8. The van der Waals surface area contributed by atoms with Crippen LogP contribution in [0.25, 0.3) is 0 Å². The summed E-state index contributed by atoms with van der Waals surface area (Å²) in [6, 6.07) is 0.355. The lowest BCUT2D eigenvalue weighted by atomic mass is 10.2. The largest absolute Gasteiger partial charge is 0.417 e. The van der Waals surface area contributed by atoms with Crippen molar-refractivity contribution in [3.8, 4) is 0 Å². The second-order valence-corrected chi connectivity index (χ2v) is 9.00. The fourth-order valence-corrected chi connectivity index (χ4v) is 4.84. The van der Waals surface area contributed by atoms with E-state index in [1.54, 1.807) is 0 Å². The maximum absolute atomic E-state index is 12.6. The molecule has 1 fully saturated rings. The molecule has 0 aliphatic carbocycles. The van der Waals surface area contributed by atoms with Crippen LogP contribution >= 0.6 is 11.6 Å². The molecule has 0 saturated carbocycles. The van der Waals surface area contributed by atoms with Gasteiger partial charge in [-0.1, -0.05) is 11.6 Å². The average Bonchev–Trinajstić information content (AvgIpc) is 2.95. The molecule has 12 heteroatoms. The summed E-state index contributed by atoms with van der Waals surface area (Å²) in [4.78, 5) is 17.7. The van der Waals surface area contributed by atoms with Crippen LogP contribution < -0.4 is 5.32 Å². The van der Waals surface area contributed by atoms with E-state index in [4.69, 9.17) is 16.3 Å². The number of nitrogens with zero attached hydrogens (tertiary/aromatic N) is 2. The number of amides is 1. The van der Waals surface area contributed by atoms with Gasteiger partial charge >= 0.3 is 6.18 Å². The van der Waals surface area contributed by atoms with Crippen molar-refractivity contribution < 1.29 is 31.1 Å². The highest BCUT2D eigenvalue weighted by Crippen LogP contribution is 2.32. The second-order valence-electron chi connectivity index (χ2n) is 6.37. The summed E-state index contributed by atoms with van der Waals surface area (Å²) in [5.41, 5.74) is -0.965. The number of carbonyl (C=O) groups is 1. The Hall–Kier alpha value is -1.59. The Morgan fingerprint density at radius 1 is 1.46 bits per heavy atom. The molecule has 1 aliphatic heterocycles. The van der Waals surface area contributed by atoms with Crippen molar-refractivity contribution in [1.82, 2.24) is 9.88 Å². The number of pyridine rings is 1. The van der Waals surface area contributed by atoms with Gasteiger partial charge in [-0.3, -0.25) is 4.79 Å². The summed E-state index contributed by atoms with van der Waals surface area (Å²) in [5.74, 6) is -0.288. The number of hydrogen-bond acceptors (Lipinski definition) is 6. The van der Waals surface area contributed by atoms with Gasteiger partial charge in [-0.25, -0.2) is 13.4 Å². The second kappa shape index (κ2) is 9.27. The quantitative estimate of drug-likeness (QED) is 0.662. The topological polar surface area (TPSA) is 88.6 Å². The highest BCUT2D eigenvalue weighted by molar-refractivity contribution is 7.91. The molecular formula is C16H21ClF3N3O4S. The number of sulfone groups is 1. The molecule has 1 aromatic rings. The number of carbonyl (C=O) groups excluding carboxylic acids is 1. The first kappa shape index (κ1) is 22.7. The molecule has 2 rings (SSSR count). The maximum atomic E-state index is 12.6. The molecule has 1 aliphatic rings. The molecule has 2 heterocycles. The van der Waals surface area contributed by atoms with E-state index in [2.05, 4.69) is 10.3 Å². The van der Waals surface area contributed by atoms with Gasteiger partial charge in [-0.15, -0.1) is 0 Å². The van der Waals surface area contributed by atoms with Gasteiger partial charge in [0, 0.05) is 38.9 Å². The number of alkyl halides is 3. The zero-order valence-electron chi connectivity index (χ0n) is 15.1. The summed E-state index contributed by atoms with van der Waals surface area (Å²) < 4.78 is 66.3. The predicted molar refractivity (Wildman–Crippen MR) is 98.0 cm³/mol. The maximum Gasteiger partial charge on any atom is 0.417 e. The first-order valence-electron chi connectivity index (χ1n) is 8.49. The number of methoxy groups -OCH3 is 1. The van der Waals surface area contributed by atoms with E-state index in [0.717, 1.165) is 6.07 Å². The molecule has 0 bridgehead atoms. The van der Waals surface area contributed by atoms with E-state index in [0.29, 0.717) is 12.6 Å². The van der Waals surface area contributed by atoms with Gasteiger partial charge in [0.15, 0.2) is 9.84 Å². The van der Waals surface area contributed by atoms with Gasteiger partial charge in [0.25, 0.3) is 0 Å². The highest BCUT2D eigenvalue weighted by atomic mass is 35.5. The van der Waals surface area contributed by atoms with Gasteiger partial charge in [0.2, 0.25) is 5.91 Å². The van der Waals surface area contributed by atoms with E-state index in [9.17, 15) is 26.4 Å². The number of anilines is 1. The third kappa shape index (κ3) is 6.21. The summed E-state index contributed by atoms with van der Waals surface area (Å²) in [6.07, 6.45) is -3.52. The van der Waals surface area contributed by atoms with Crippen LogP contribution in [0.2, 0.25) is 5.02 Å². The number of halogens is 4. The van der Waals surface area contributed by atoms with Crippen LogP contribution in [-0.2, 0) is 25.5 Å². The molecule has 158 valence electrons. The molecule has 1 N–H and O–H groups in total. The van der Waals surface area contributed by atoms with Crippen LogP contribution in [0, 0.1) is 0 Å². The van der Waals surface area contributed by atoms with E-state index in [1.165, 1.54) is 12.0 Å². The Morgan fingerprint density at radius 2 is 2.18 bits per heavy atom. The van der Waals surface area contributed by atoms with Crippen LogP contribution in [0.1, 0.15) is 18.4 Å². The van der Waals surface area contributed by atoms with E-state index in [1.807, 2.05) is 0 Å². The minimum atomic E-state index is -4.55. The standard InChI is InChI=1S/C16H21ClF3N3O4S/c1-27-6-5-23(12-3-7-28(25,26)10-12)14(24)2-4-21-15-13(17)8-11(9-22-15)16(18,19)20/h8-9,12H,2-7,10H2,1H3,(H,21,22). The van der Waals surface area contributed by atoms with Crippen LogP contribution in [-0.4, -0.2) is 68.6 Å². The molecule has 0 spiro atoms. The van der Waals surface area contributed by atoms with Gasteiger partial charge in [0.05, 0.1) is 28.7 Å². The molecule has 1 aromatic heterocycles. The molecule has 1 atom stereocenters. The Bertz CT molecular complexity index is 805. The SMILES string of the molecule is COCCN(C(=O)CCNc1ncc(C(F)(F)F)cc1Cl)C1CCS(=O)(=O)C1.